The second-order valence-corrected chi connectivity index (χ2v) is 9.93. The molecule has 0 aliphatic carbocycles. The van der Waals surface area contributed by atoms with Crippen LogP contribution < -0.4 is 10.1 Å². The van der Waals surface area contributed by atoms with Gasteiger partial charge in [-0.2, -0.15) is 0 Å². The molecule has 2 amide bonds. The number of nitro benzene ring substituents is 1. The number of nitrogens with zero attached hydrogens (tertiary/aromatic N) is 2. The highest BCUT2D eigenvalue weighted by Gasteiger charge is 2.30. The van der Waals surface area contributed by atoms with Gasteiger partial charge >= 0.3 is 0 Å². The third kappa shape index (κ3) is 8.37. The predicted molar refractivity (Wildman–Crippen MR) is 135 cm³/mol. The first-order valence-corrected chi connectivity index (χ1v) is 12.2. The molecule has 0 spiro atoms. The van der Waals surface area contributed by atoms with E-state index in [1.54, 1.807) is 24.1 Å². The Morgan fingerprint density at radius 2 is 1.68 bits per heavy atom. The molecule has 9 heteroatoms. The molecule has 0 radical (unpaired) electrons. The molecule has 0 heterocycles. The van der Waals surface area contributed by atoms with Crippen molar-refractivity contribution in [1.29, 1.82) is 0 Å². The van der Waals surface area contributed by atoms with Gasteiger partial charge < -0.3 is 15.0 Å². The van der Waals surface area contributed by atoms with Gasteiger partial charge in [-0.25, -0.2) is 0 Å². The molecule has 0 saturated heterocycles. The first kappa shape index (κ1) is 27.2. The minimum atomic E-state index is -0.603. The van der Waals surface area contributed by atoms with Crippen molar-refractivity contribution in [3.05, 3.63) is 69.8 Å². The standard InChI is InChI=1S/C25H33N3O5S/c1-6-22(24(30)26-25(2,3)4)27(15-18-9-13-21(33-5)14-10-18)23(29)17-34-16-19-7-11-20(12-8-19)28(31)32/h7-14,22H,6,15-17H2,1-5H3,(H,26,30)/t22-/m1/s1. The van der Waals surface area contributed by atoms with Crippen molar-refractivity contribution < 1.29 is 19.2 Å². The minimum absolute atomic E-state index is 0.0335. The molecule has 0 aliphatic heterocycles. The number of benzene rings is 2. The monoisotopic (exact) mass is 487 g/mol. The lowest BCUT2D eigenvalue weighted by Crippen LogP contribution is -2.53. The molecule has 0 fully saturated rings. The molecular formula is C25H33N3O5S. The quantitative estimate of drug-likeness (QED) is 0.368. The third-order valence-electron chi connectivity index (χ3n) is 5.04. The maximum Gasteiger partial charge on any atom is 0.269 e. The number of ether oxygens (including phenoxy) is 1. The Morgan fingerprint density at radius 3 is 2.18 bits per heavy atom. The zero-order valence-corrected chi connectivity index (χ0v) is 21.2. The van der Waals surface area contributed by atoms with Gasteiger partial charge in [-0.15, -0.1) is 11.8 Å². The number of non-ortho nitro benzene ring substituents is 1. The zero-order chi connectivity index (χ0) is 25.3. The SMILES string of the molecule is CC[C@H](C(=O)NC(C)(C)C)N(Cc1ccc(OC)cc1)C(=O)CSCc1ccc([N+](=O)[O-])cc1. The number of rotatable bonds is 11. The van der Waals surface area contributed by atoms with Crippen molar-refractivity contribution in [3.8, 4) is 5.75 Å². The van der Waals surface area contributed by atoms with Gasteiger partial charge in [-0.3, -0.25) is 19.7 Å². The topological polar surface area (TPSA) is 102 Å². The first-order chi connectivity index (χ1) is 16.0. The van der Waals surface area contributed by atoms with Crippen molar-refractivity contribution in [2.24, 2.45) is 0 Å². The normalized spacial score (nSPS) is 12.0. The van der Waals surface area contributed by atoms with Crippen LogP contribution in [0.4, 0.5) is 5.69 Å². The summed E-state index contributed by atoms with van der Waals surface area (Å²) in [4.78, 5) is 38.3. The zero-order valence-electron chi connectivity index (χ0n) is 20.4. The molecule has 2 rings (SSSR count). The van der Waals surface area contributed by atoms with E-state index in [0.29, 0.717) is 18.7 Å². The number of hydrogen-bond donors (Lipinski definition) is 1. The van der Waals surface area contributed by atoms with Crippen LogP contribution in [0.25, 0.3) is 0 Å². The Kier molecular flexibility index (Phi) is 9.92. The van der Waals surface area contributed by atoms with Crippen LogP contribution in [0.1, 0.15) is 45.2 Å². The number of nitro groups is 1. The lowest BCUT2D eigenvalue weighted by molar-refractivity contribution is -0.384. The fraction of sp³-hybridized carbons (Fsp3) is 0.440. The van der Waals surface area contributed by atoms with Gasteiger partial charge in [0, 0.05) is 30.0 Å². The molecule has 0 aliphatic rings. The molecule has 2 aromatic rings. The molecule has 0 aromatic heterocycles. The van der Waals surface area contributed by atoms with Gasteiger partial charge in [-0.05, 0) is 50.5 Å². The van der Waals surface area contributed by atoms with E-state index in [2.05, 4.69) is 5.32 Å². The second-order valence-electron chi connectivity index (χ2n) is 8.95. The number of amides is 2. The molecule has 0 unspecified atom stereocenters. The summed E-state index contributed by atoms with van der Waals surface area (Å²) >= 11 is 1.41. The lowest BCUT2D eigenvalue weighted by Gasteiger charge is -2.33. The summed E-state index contributed by atoms with van der Waals surface area (Å²) in [6.45, 7) is 7.93. The summed E-state index contributed by atoms with van der Waals surface area (Å²) in [7, 11) is 1.59. The predicted octanol–water partition coefficient (Wildman–Crippen LogP) is 4.56. The van der Waals surface area contributed by atoms with E-state index >= 15 is 0 Å². The van der Waals surface area contributed by atoms with Crippen LogP contribution in [-0.2, 0) is 21.9 Å². The van der Waals surface area contributed by atoms with Gasteiger partial charge in [-0.1, -0.05) is 31.2 Å². The fourth-order valence-corrected chi connectivity index (χ4v) is 4.22. The van der Waals surface area contributed by atoms with Crippen LogP contribution in [0, 0.1) is 10.1 Å². The Bertz CT molecular complexity index is 972. The molecule has 1 N–H and O–H groups in total. The van der Waals surface area contributed by atoms with E-state index in [4.69, 9.17) is 4.74 Å². The van der Waals surface area contributed by atoms with Crippen molar-refractivity contribution in [3.63, 3.8) is 0 Å². The summed E-state index contributed by atoms with van der Waals surface area (Å²) in [5.41, 5.74) is 1.41. The number of methoxy groups -OCH3 is 1. The average molecular weight is 488 g/mol. The highest BCUT2D eigenvalue weighted by molar-refractivity contribution is 7.99. The Morgan fingerprint density at radius 1 is 1.09 bits per heavy atom. The van der Waals surface area contributed by atoms with Crippen LogP contribution in [0.15, 0.2) is 48.5 Å². The van der Waals surface area contributed by atoms with Crippen molar-refractivity contribution in [2.75, 3.05) is 12.9 Å². The van der Waals surface area contributed by atoms with Crippen molar-refractivity contribution >= 4 is 29.3 Å². The maximum absolute atomic E-state index is 13.3. The van der Waals surface area contributed by atoms with Crippen molar-refractivity contribution in [2.45, 2.75) is 58.0 Å². The molecule has 0 saturated carbocycles. The van der Waals surface area contributed by atoms with Crippen LogP contribution in [0.5, 0.6) is 5.75 Å². The molecule has 34 heavy (non-hydrogen) atoms. The van der Waals surface area contributed by atoms with Gasteiger partial charge in [0.15, 0.2) is 0 Å². The van der Waals surface area contributed by atoms with Crippen LogP contribution in [-0.4, -0.2) is 46.1 Å². The highest BCUT2D eigenvalue weighted by Crippen LogP contribution is 2.20. The third-order valence-corrected chi connectivity index (χ3v) is 6.03. The summed E-state index contributed by atoms with van der Waals surface area (Å²) in [6.07, 6.45) is 0.483. The van der Waals surface area contributed by atoms with E-state index in [1.807, 2.05) is 52.0 Å². The van der Waals surface area contributed by atoms with Crippen LogP contribution >= 0.6 is 11.8 Å². The molecular weight excluding hydrogens is 454 g/mol. The Hall–Kier alpha value is -3.07. The largest absolute Gasteiger partial charge is 0.497 e. The van der Waals surface area contributed by atoms with E-state index in [1.165, 1.54) is 23.9 Å². The van der Waals surface area contributed by atoms with E-state index in [9.17, 15) is 19.7 Å². The van der Waals surface area contributed by atoms with Crippen LogP contribution in [0.2, 0.25) is 0 Å². The van der Waals surface area contributed by atoms with Crippen molar-refractivity contribution in [1.82, 2.24) is 10.2 Å². The molecule has 184 valence electrons. The smallest absolute Gasteiger partial charge is 0.269 e. The van der Waals surface area contributed by atoms with Crippen LogP contribution in [0.3, 0.4) is 0 Å². The summed E-state index contributed by atoms with van der Waals surface area (Å²) < 4.78 is 5.21. The highest BCUT2D eigenvalue weighted by atomic mass is 32.2. The number of hydrogen-bond acceptors (Lipinski definition) is 6. The maximum atomic E-state index is 13.3. The first-order valence-electron chi connectivity index (χ1n) is 11.1. The number of nitrogens with one attached hydrogen (secondary N) is 1. The molecule has 0 bridgehead atoms. The second kappa shape index (κ2) is 12.4. The van der Waals surface area contributed by atoms with Gasteiger partial charge in [0.25, 0.3) is 5.69 Å². The Labute approximate surface area is 205 Å². The van der Waals surface area contributed by atoms with Gasteiger partial charge in [0.2, 0.25) is 11.8 Å². The lowest BCUT2D eigenvalue weighted by atomic mass is 10.1. The van der Waals surface area contributed by atoms with E-state index < -0.39 is 16.5 Å². The number of carbonyl (C=O) groups excluding carboxylic acids is 2. The minimum Gasteiger partial charge on any atom is -0.497 e. The summed E-state index contributed by atoms with van der Waals surface area (Å²) in [6, 6.07) is 13.1. The van der Waals surface area contributed by atoms with Gasteiger partial charge in [0.05, 0.1) is 17.8 Å². The number of carbonyl (C=O) groups is 2. The summed E-state index contributed by atoms with van der Waals surface area (Å²) in [5.74, 6) is 1.12. The summed E-state index contributed by atoms with van der Waals surface area (Å²) in [5, 5.41) is 13.8. The van der Waals surface area contributed by atoms with Gasteiger partial charge in [0.1, 0.15) is 11.8 Å². The fourth-order valence-electron chi connectivity index (χ4n) is 3.35. The average Bonchev–Trinajstić information content (AvgIpc) is 2.78. The van der Waals surface area contributed by atoms with E-state index in [0.717, 1.165) is 16.9 Å². The Balaban J connectivity index is 2.14. The molecule has 1 atom stereocenters. The van der Waals surface area contributed by atoms with E-state index in [-0.39, 0.29) is 23.3 Å². The molecule has 8 nitrogen and oxygen atoms in total. The molecule has 2 aromatic carbocycles. The number of thioether (sulfide) groups is 1.